The van der Waals surface area contributed by atoms with Crippen LogP contribution in [0.3, 0.4) is 0 Å². The lowest BCUT2D eigenvalue weighted by Crippen LogP contribution is -2.42. The lowest BCUT2D eigenvalue weighted by molar-refractivity contribution is -0.127. The van der Waals surface area contributed by atoms with Gasteiger partial charge in [-0.25, -0.2) is 0 Å². The summed E-state index contributed by atoms with van der Waals surface area (Å²) >= 11 is 0. The van der Waals surface area contributed by atoms with Crippen LogP contribution in [0.1, 0.15) is 36.3 Å². The number of hydrogen-bond donors (Lipinski definition) is 4. The maximum absolute atomic E-state index is 12.4. The van der Waals surface area contributed by atoms with Crippen molar-refractivity contribution in [2.45, 2.75) is 32.2 Å². The molecule has 5 N–H and O–H groups in total. The van der Waals surface area contributed by atoms with Crippen molar-refractivity contribution in [1.29, 1.82) is 0 Å². The molecule has 9 nitrogen and oxygen atoms in total. The predicted octanol–water partition coefficient (Wildman–Crippen LogP) is 0.880. The molecule has 0 spiro atoms. The van der Waals surface area contributed by atoms with Crippen LogP contribution in [0.5, 0.6) is 17.2 Å². The fourth-order valence-corrected chi connectivity index (χ4v) is 2.69. The Bertz CT molecular complexity index is 952. The number of carbonyl (C=O) groups is 2. The highest BCUT2D eigenvalue weighted by atomic mass is 16.5. The summed E-state index contributed by atoms with van der Waals surface area (Å²) in [5.74, 6) is -2.61. The summed E-state index contributed by atoms with van der Waals surface area (Å²) in [6.45, 7) is 2.97. The number of hydrogen-bond acceptors (Lipinski definition) is 7. The quantitative estimate of drug-likeness (QED) is 0.547. The molecule has 2 amide bonds. The minimum atomic E-state index is -0.902. The third kappa shape index (κ3) is 4.61. The zero-order valence-corrected chi connectivity index (χ0v) is 15.7. The van der Waals surface area contributed by atoms with E-state index in [2.05, 4.69) is 5.32 Å². The summed E-state index contributed by atoms with van der Waals surface area (Å²) in [7, 11) is 1.36. The summed E-state index contributed by atoms with van der Waals surface area (Å²) in [6.07, 6.45) is -0.258. The zero-order chi connectivity index (χ0) is 21.0. The molecule has 0 unspecified atom stereocenters. The average molecular weight is 390 g/mol. The highest BCUT2D eigenvalue weighted by molar-refractivity contribution is 5.86. The maximum atomic E-state index is 12.4. The Labute approximate surface area is 160 Å². The van der Waals surface area contributed by atoms with Crippen LogP contribution in [0.15, 0.2) is 33.5 Å². The molecular formula is C19H22N2O7. The van der Waals surface area contributed by atoms with Gasteiger partial charge in [0.15, 0.2) is 17.3 Å². The van der Waals surface area contributed by atoms with Crippen molar-refractivity contribution in [2.75, 3.05) is 7.11 Å². The Morgan fingerprint density at radius 2 is 1.96 bits per heavy atom. The fraction of sp³-hybridized carbons (Fsp3) is 0.316. The van der Waals surface area contributed by atoms with Gasteiger partial charge in [0.05, 0.1) is 13.0 Å². The average Bonchev–Trinajstić information content (AvgIpc) is 2.63. The van der Waals surface area contributed by atoms with Gasteiger partial charge < -0.3 is 30.4 Å². The van der Waals surface area contributed by atoms with Crippen LogP contribution in [-0.4, -0.2) is 35.2 Å². The Hall–Kier alpha value is -3.49. The molecule has 1 aromatic heterocycles. The van der Waals surface area contributed by atoms with Crippen molar-refractivity contribution >= 4 is 11.8 Å². The number of aromatic hydroxyl groups is 2. The van der Waals surface area contributed by atoms with Crippen molar-refractivity contribution in [3.8, 4) is 17.2 Å². The second kappa shape index (κ2) is 8.47. The number of primary amides is 1. The molecule has 0 aliphatic carbocycles. The molecule has 150 valence electrons. The lowest BCUT2D eigenvalue weighted by Gasteiger charge is -2.19. The minimum Gasteiger partial charge on any atom is -0.504 e. The van der Waals surface area contributed by atoms with Crippen LogP contribution in [0.2, 0.25) is 0 Å². The molecule has 0 radical (unpaired) electrons. The molecule has 0 aliphatic heterocycles. The fourth-order valence-electron chi connectivity index (χ4n) is 2.69. The van der Waals surface area contributed by atoms with Crippen molar-refractivity contribution in [3.05, 3.63) is 51.6 Å². The molecule has 1 aromatic carbocycles. The van der Waals surface area contributed by atoms with Crippen molar-refractivity contribution in [2.24, 2.45) is 5.73 Å². The standard InChI is InChI=1S/C19H22N2O7/c1-9-6-14(23)17(25)18(28-9)12(8-16(24)21-10(2)19(20)26)11-4-5-13(22)15(7-11)27-3/h4-7,10,12,22,25H,8H2,1-3H3,(H2,20,26)(H,21,24)/t10-,12+/m0/s1. The number of nitrogens with one attached hydrogen (secondary N) is 1. The molecule has 1 heterocycles. The molecular weight excluding hydrogens is 368 g/mol. The van der Waals surface area contributed by atoms with E-state index in [0.29, 0.717) is 5.56 Å². The summed E-state index contributed by atoms with van der Waals surface area (Å²) in [5, 5.41) is 22.5. The number of nitrogens with two attached hydrogens (primary N) is 1. The van der Waals surface area contributed by atoms with E-state index in [1.54, 1.807) is 0 Å². The van der Waals surface area contributed by atoms with Gasteiger partial charge in [-0.05, 0) is 31.5 Å². The first-order valence-corrected chi connectivity index (χ1v) is 8.43. The van der Waals surface area contributed by atoms with Crippen LogP contribution in [0, 0.1) is 6.92 Å². The molecule has 0 saturated heterocycles. The summed E-state index contributed by atoms with van der Waals surface area (Å²) in [6, 6.07) is 4.56. The minimum absolute atomic E-state index is 0.111. The van der Waals surface area contributed by atoms with E-state index in [9.17, 15) is 24.6 Å². The van der Waals surface area contributed by atoms with Gasteiger partial charge in [0.1, 0.15) is 11.8 Å². The van der Waals surface area contributed by atoms with Crippen LogP contribution in [0.4, 0.5) is 0 Å². The van der Waals surface area contributed by atoms with Gasteiger partial charge in [-0.1, -0.05) is 6.07 Å². The number of ether oxygens (including phenoxy) is 1. The number of carbonyl (C=O) groups excluding carboxylic acids is 2. The van der Waals surface area contributed by atoms with E-state index >= 15 is 0 Å². The SMILES string of the molecule is COc1cc([C@@H](CC(=O)N[C@@H](C)C(N)=O)c2oc(C)cc(=O)c2O)ccc1O. The molecule has 2 rings (SSSR count). The van der Waals surface area contributed by atoms with E-state index in [1.165, 1.54) is 39.2 Å². The first-order valence-electron chi connectivity index (χ1n) is 8.43. The summed E-state index contributed by atoms with van der Waals surface area (Å²) in [4.78, 5) is 35.6. The molecule has 2 atom stereocenters. The Morgan fingerprint density at radius 3 is 2.57 bits per heavy atom. The van der Waals surface area contributed by atoms with Crippen LogP contribution >= 0.6 is 0 Å². The van der Waals surface area contributed by atoms with E-state index in [4.69, 9.17) is 14.9 Å². The van der Waals surface area contributed by atoms with Crippen molar-refractivity contribution in [3.63, 3.8) is 0 Å². The second-order valence-electron chi connectivity index (χ2n) is 6.31. The van der Waals surface area contributed by atoms with Crippen LogP contribution in [0.25, 0.3) is 0 Å². The van der Waals surface area contributed by atoms with E-state index in [-0.39, 0.29) is 29.4 Å². The molecule has 0 bridgehead atoms. The third-order valence-electron chi connectivity index (χ3n) is 4.19. The number of aryl methyl sites for hydroxylation is 1. The zero-order valence-electron chi connectivity index (χ0n) is 15.7. The van der Waals surface area contributed by atoms with Gasteiger partial charge in [0, 0.05) is 12.5 Å². The predicted molar refractivity (Wildman–Crippen MR) is 99.3 cm³/mol. The molecule has 2 aromatic rings. The molecule has 0 aliphatic rings. The summed E-state index contributed by atoms with van der Waals surface area (Å²) in [5.41, 5.74) is 4.95. The van der Waals surface area contributed by atoms with Crippen molar-refractivity contribution < 1.29 is 29.0 Å². The summed E-state index contributed by atoms with van der Waals surface area (Å²) < 4.78 is 10.6. The van der Waals surface area contributed by atoms with Gasteiger partial charge >= 0.3 is 0 Å². The van der Waals surface area contributed by atoms with Gasteiger partial charge in [-0.2, -0.15) is 0 Å². The number of benzene rings is 1. The highest BCUT2D eigenvalue weighted by Gasteiger charge is 2.27. The Morgan fingerprint density at radius 1 is 1.29 bits per heavy atom. The first kappa shape index (κ1) is 20.8. The van der Waals surface area contributed by atoms with E-state index in [0.717, 1.165) is 6.07 Å². The van der Waals surface area contributed by atoms with Crippen LogP contribution in [-0.2, 0) is 9.59 Å². The van der Waals surface area contributed by atoms with E-state index < -0.39 is 35.0 Å². The molecule has 0 fully saturated rings. The molecule has 9 heteroatoms. The van der Waals surface area contributed by atoms with E-state index in [1.807, 2.05) is 0 Å². The normalized spacial score (nSPS) is 12.8. The largest absolute Gasteiger partial charge is 0.504 e. The van der Waals surface area contributed by atoms with Crippen molar-refractivity contribution in [1.82, 2.24) is 5.32 Å². The second-order valence-corrected chi connectivity index (χ2v) is 6.31. The number of rotatable bonds is 7. The highest BCUT2D eigenvalue weighted by Crippen LogP contribution is 2.37. The first-order chi connectivity index (χ1) is 13.1. The van der Waals surface area contributed by atoms with Gasteiger partial charge in [-0.15, -0.1) is 0 Å². The Kier molecular flexibility index (Phi) is 6.29. The number of methoxy groups -OCH3 is 1. The molecule has 0 saturated carbocycles. The lowest BCUT2D eigenvalue weighted by atomic mass is 9.91. The maximum Gasteiger partial charge on any atom is 0.239 e. The van der Waals surface area contributed by atoms with Gasteiger partial charge in [0.25, 0.3) is 0 Å². The third-order valence-corrected chi connectivity index (χ3v) is 4.19. The van der Waals surface area contributed by atoms with Gasteiger partial charge in [0.2, 0.25) is 23.0 Å². The van der Waals surface area contributed by atoms with Crippen LogP contribution < -0.4 is 21.2 Å². The monoisotopic (exact) mass is 390 g/mol. The number of phenolic OH excluding ortho intramolecular Hbond substituents is 1. The Balaban J connectivity index is 2.52. The van der Waals surface area contributed by atoms with Gasteiger partial charge in [-0.3, -0.25) is 14.4 Å². The number of amides is 2. The number of phenols is 1. The smallest absolute Gasteiger partial charge is 0.239 e. The molecule has 28 heavy (non-hydrogen) atoms. The topological polar surface area (TPSA) is 152 Å².